The minimum atomic E-state index is 0.388. The van der Waals surface area contributed by atoms with E-state index in [2.05, 4.69) is 39.9 Å². The van der Waals surface area contributed by atoms with Crippen molar-refractivity contribution in [2.24, 2.45) is 5.41 Å². The van der Waals surface area contributed by atoms with Crippen molar-refractivity contribution < 1.29 is 4.74 Å². The summed E-state index contributed by atoms with van der Waals surface area (Å²) in [4.78, 5) is 0. The summed E-state index contributed by atoms with van der Waals surface area (Å²) in [5.41, 5.74) is 0.388. The van der Waals surface area contributed by atoms with Gasteiger partial charge in [-0.1, -0.05) is 27.7 Å². The van der Waals surface area contributed by atoms with Crippen LogP contribution in [-0.4, -0.2) is 24.8 Å². The maximum atomic E-state index is 6.17. The molecule has 16 heavy (non-hydrogen) atoms. The molecule has 0 aromatic carbocycles. The van der Waals surface area contributed by atoms with E-state index in [1.807, 2.05) is 0 Å². The van der Waals surface area contributed by atoms with Crippen LogP contribution in [0.4, 0.5) is 0 Å². The first-order valence-corrected chi connectivity index (χ1v) is 7.03. The van der Waals surface area contributed by atoms with E-state index in [-0.39, 0.29) is 0 Å². The Labute approximate surface area is 101 Å². The van der Waals surface area contributed by atoms with Crippen LogP contribution in [0, 0.1) is 5.41 Å². The molecule has 3 unspecified atom stereocenters. The molecule has 0 amide bonds. The molecular weight excluding hydrogens is 198 g/mol. The number of rotatable bonds is 7. The van der Waals surface area contributed by atoms with Crippen molar-refractivity contribution in [2.45, 2.75) is 78.6 Å². The van der Waals surface area contributed by atoms with Crippen molar-refractivity contribution >= 4 is 0 Å². The molecule has 1 saturated carbocycles. The van der Waals surface area contributed by atoms with Gasteiger partial charge in [0.15, 0.2) is 0 Å². The molecule has 0 bridgehead atoms. The second-order valence-corrected chi connectivity index (χ2v) is 5.13. The summed E-state index contributed by atoms with van der Waals surface area (Å²) in [5, 5.41) is 3.62. The lowest BCUT2D eigenvalue weighted by atomic mass is 9.58. The van der Waals surface area contributed by atoms with Crippen molar-refractivity contribution in [1.29, 1.82) is 0 Å². The van der Waals surface area contributed by atoms with E-state index in [1.165, 1.54) is 19.3 Å². The van der Waals surface area contributed by atoms with Crippen molar-refractivity contribution in [1.82, 2.24) is 5.32 Å². The van der Waals surface area contributed by atoms with E-state index in [1.54, 1.807) is 0 Å². The van der Waals surface area contributed by atoms with Crippen LogP contribution in [0.5, 0.6) is 0 Å². The number of nitrogens with one attached hydrogen (secondary N) is 1. The highest BCUT2D eigenvalue weighted by Gasteiger charge is 2.53. The standard InChI is InChI=1S/C14H29NO/c1-6-11(5)16-13-10-12(15-9-4)14(13,7-2)8-3/h11-13,15H,6-10H2,1-5H3. The van der Waals surface area contributed by atoms with Crippen LogP contribution >= 0.6 is 0 Å². The summed E-state index contributed by atoms with van der Waals surface area (Å²) in [6, 6.07) is 0.668. The summed E-state index contributed by atoms with van der Waals surface area (Å²) in [7, 11) is 0. The molecule has 1 fully saturated rings. The average Bonchev–Trinajstić information content (AvgIpc) is 2.29. The molecule has 3 atom stereocenters. The largest absolute Gasteiger partial charge is 0.375 e. The van der Waals surface area contributed by atoms with E-state index in [4.69, 9.17) is 4.74 Å². The third kappa shape index (κ3) is 2.43. The van der Waals surface area contributed by atoms with Gasteiger partial charge < -0.3 is 10.1 Å². The Morgan fingerprint density at radius 3 is 2.31 bits per heavy atom. The molecule has 1 aliphatic carbocycles. The summed E-state index contributed by atoms with van der Waals surface area (Å²) in [6.45, 7) is 12.3. The molecule has 2 nitrogen and oxygen atoms in total. The Bertz CT molecular complexity index is 201. The van der Waals surface area contributed by atoms with E-state index in [9.17, 15) is 0 Å². The Morgan fingerprint density at radius 2 is 1.88 bits per heavy atom. The quantitative estimate of drug-likeness (QED) is 0.720. The Kier molecular flexibility index (Phi) is 5.26. The molecule has 1 N–H and O–H groups in total. The summed E-state index contributed by atoms with van der Waals surface area (Å²) < 4.78 is 6.17. The smallest absolute Gasteiger partial charge is 0.0664 e. The molecule has 96 valence electrons. The molecule has 0 spiro atoms. The van der Waals surface area contributed by atoms with Gasteiger partial charge in [-0.25, -0.2) is 0 Å². The van der Waals surface area contributed by atoms with Crippen LogP contribution in [0.1, 0.15) is 60.3 Å². The fourth-order valence-corrected chi connectivity index (χ4v) is 3.05. The predicted octanol–water partition coefficient (Wildman–Crippen LogP) is 3.36. The van der Waals surface area contributed by atoms with Gasteiger partial charge in [-0.15, -0.1) is 0 Å². The summed E-state index contributed by atoms with van der Waals surface area (Å²) in [6.07, 6.45) is 5.64. The lowest BCUT2D eigenvalue weighted by molar-refractivity contribution is -0.163. The summed E-state index contributed by atoms with van der Waals surface area (Å²) in [5.74, 6) is 0. The van der Waals surface area contributed by atoms with Gasteiger partial charge in [0.1, 0.15) is 0 Å². The number of hydrogen-bond donors (Lipinski definition) is 1. The SMILES string of the molecule is CCNC1CC(OC(C)CC)C1(CC)CC. The molecule has 1 aliphatic rings. The highest BCUT2D eigenvalue weighted by Crippen LogP contribution is 2.49. The van der Waals surface area contributed by atoms with Gasteiger partial charge in [0.25, 0.3) is 0 Å². The summed E-state index contributed by atoms with van der Waals surface area (Å²) >= 11 is 0. The minimum absolute atomic E-state index is 0.388. The third-order valence-corrected chi connectivity index (χ3v) is 4.52. The zero-order valence-electron chi connectivity index (χ0n) is 11.7. The molecule has 0 aromatic heterocycles. The van der Waals surface area contributed by atoms with Gasteiger partial charge in [0.2, 0.25) is 0 Å². The third-order valence-electron chi connectivity index (χ3n) is 4.52. The van der Waals surface area contributed by atoms with E-state index < -0.39 is 0 Å². The van der Waals surface area contributed by atoms with Gasteiger partial charge >= 0.3 is 0 Å². The van der Waals surface area contributed by atoms with Gasteiger partial charge in [-0.2, -0.15) is 0 Å². The molecule has 1 rings (SSSR count). The van der Waals surface area contributed by atoms with Crippen LogP contribution in [0.15, 0.2) is 0 Å². The fraction of sp³-hybridized carbons (Fsp3) is 1.00. The average molecular weight is 227 g/mol. The lowest BCUT2D eigenvalue weighted by Crippen LogP contribution is -2.63. The Hall–Kier alpha value is -0.0800. The van der Waals surface area contributed by atoms with Crippen molar-refractivity contribution in [3.63, 3.8) is 0 Å². The highest BCUT2D eigenvalue weighted by molar-refractivity contribution is 5.06. The molecule has 0 radical (unpaired) electrons. The lowest BCUT2D eigenvalue weighted by Gasteiger charge is -2.56. The number of hydrogen-bond acceptors (Lipinski definition) is 2. The minimum Gasteiger partial charge on any atom is -0.375 e. The van der Waals surface area contributed by atoms with Crippen LogP contribution in [-0.2, 0) is 4.74 Å². The van der Waals surface area contributed by atoms with Crippen molar-refractivity contribution in [2.75, 3.05) is 6.54 Å². The normalized spacial score (nSPS) is 29.8. The van der Waals surface area contributed by atoms with Crippen LogP contribution < -0.4 is 5.32 Å². The topological polar surface area (TPSA) is 21.3 Å². The van der Waals surface area contributed by atoms with Gasteiger partial charge in [0, 0.05) is 11.5 Å². The fourth-order valence-electron chi connectivity index (χ4n) is 3.05. The number of ether oxygens (including phenoxy) is 1. The van der Waals surface area contributed by atoms with Crippen LogP contribution in [0.3, 0.4) is 0 Å². The molecule has 2 heteroatoms. The van der Waals surface area contributed by atoms with Crippen LogP contribution in [0.2, 0.25) is 0 Å². The van der Waals surface area contributed by atoms with E-state index in [0.717, 1.165) is 13.0 Å². The van der Waals surface area contributed by atoms with Gasteiger partial charge in [0.05, 0.1) is 12.2 Å². The zero-order chi connectivity index (χ0) is 12.2. The van der Waals surface area contributed by atoms with Gasteiger partial charge in [-0.05, 0) is 39.2 Å². The Morgan fingerprint density at radius 1 is 1.25 bits per heavy atom. The van der Waals surface area contributed by atoms with E-state index in [0.29, 0.717) is 23.7 Å². The maximum absolute atomic E-state index is 6.17. The first-order valence-electron chi connectivity index (χ1n) is 7.03. The first kappa shape index (κ1) is 14.0. The van der Waals surface area contributed by atoms with Gasteiger partial charge in [-0.3, -0.25) is 0 Å². The first-order chi connectivity index (χ1) is 7.64. The second-order valence-electron chi connectivity index (χ2n) is 5.13. The van der Waals surface area contributed by atoms with Crippen molar-refractivity contribution in [3.05, 3.63) is 0 Å². The second kappa shape index (κ2) is 6.02. The zero-order valence-corrected chi connectivity index (χ0v) is 11.7. The highest BCUT2D eigenvalue weighted by atomic mass is 16.5. The Balaban J connectivity index is 2.60. The molecule has 0 aliphatic heterocycles. The monoisotopic (exact) mass is 227 g/mol. The van der Waals surface area contributed by atoms with E-state index >= 15 is 0 Å². The predicted molar refractivity (Wildman–Crippen MR) is 69.7 cm³/mol. The van der Waals surface area contributed by atoms with Crippen LogP contribution in [0.25, 0.3) is 0 Å². The maximum Gasteiger partial charge on any atom is 0.0664 e. The molecule has 0 saturated heterocycles. The molecular formula is C14H29NO. The van der Waals surface area contributed by atoms with Crippen molar-refractivity contribution in [3.8, 4) is 0 Å². The molecule has 0 aromatic rings. The molecule has 0 heterocycles.